The SMILES string of the molecule is Cl.O=C(COCC(=O)c1c(F)cccc1F)COCC(=O)c1c(F)cccc1F. The van der Waals surface area contributed by atoms with Crippen LogP contribution in [0.15, 0.2) is 36.4 Å². The fourth-order valence-electron chi connectivity index (χ4n) is 2.23. The summed E-state index contributed by atoms with van der Waals surface area (Å²) in [6.45, 7) is -2.74. The number of halogens is 5. The summed E-state index contributed by atoms with van der Waals surface area (Å²) in [5, 5.41) is 0. The molecule has 29 heavy (non-hydrogen) atoms. The minimum atomic E-state index is -1.05. The van der Waals surface area contributed by atoms with Gasteiger partial charge in [-0.15, -0.1) is 12.4 Å². The first-order valence-electron chi connectivity index (χ1n) is 7.93. The number of hydrogen-bond donors (Lipinski definition) is 0. The van der Waals surface area contributed by atoms with Crippen molar-refractivity contribution >= 4 is 29.8 Å². The molecule has 0 unspecified atom stereocenters. The Morgan fingerprint density at radius 1 is 0.621 bits per heavy atom. The number of rotatable bonds is 10. The number of ether oxygens (including phenoxy) is 2. The Bertz CT molecular complexity index is 792. The molecular weight excluding hydrogens is 420 g/mol. The fraction of sp³-hybridized carbons (Fsp3) is 0.211. The van der Waals surface area contributed by atoms with Crippen LogP contribution in [-0.4, -0.2) is 43.8 Å². The van der Waals surface area contributed by atoms with Gasteiger partial charge in [-0.05, 0) is 24.3 Å². The Morgan fingerprint density at radius 3 is 1.24 bits per heavy atom. The third-order valence-electron chi connectivity index (χ3n) is 3.48. The number of benzene rings is 2. The molecule has 0 atom stereocenters. The van der Waals surface area contributed by atoms with Crippen molar-refractivity contribution in [2.75, 3.05) is 26.4 Å². The lowest BCUT2D eigenvalue weighted by Gasteiger charge is -2.07. The molecule has 10 heteroatoms. The van der Waals surface area contributed by atoms with Crippen LogP contribution in [0.25, 0.3) is 0 Å². The van der Waals surface area contributed by atoms with Gasteiger partial charge in [0.25, 0.3) is 0 Å². The first kappa shape index (κ1) is 24.4. The summed E-state index contributed by atoms with van der Waals surface area (Å²) in [5.41, 5.74) is -1.55. The van der Waals surface area contributed by atoms with Crippen LogP contribution in [0.3, 0.4) is 0 Å². The maximum atomic E-state index is 13.4. The highest BCUT2D eigenvalue weighted by atomic mass is 35.5. The smallest absolute Gasteiger partial charge is 0.194 e. The van der Waals surface area contributed by atoms with Gasteiger partial charge >= 0.3 is 0 Å². The van der Waals surface area contributed by atoms with Gasteiger partial charge in [-0.25, -0.2) is 17.6 Å². The van der Waals surface area contributed by atoms with E-state index in [1.165, 1.54) is 0 Å². The van der Waals surface area contributed by atoms with Gasteiger partial charge in [0.1, 0.15) is 49.7 Å². The lowest BCUT2D eigenvalue weighted by atomic mass is 10.1. The largest absolute Gasteiger partial charge is 0.365 e. The van der Waals surface area contributed by atoms with Crippen LogP contribution < -0.4 is 0 Å². The predicted molar refractivity (Wildman–Crippen MR) is 95.3 cm³/mol. The van der Waals surface area contributed by atoms with E-state index in [4.69, 9.17) is 9.47 Å². The minimum absolute atomic E-state index is 0. The number of carbonyl (C=O) groups excluding carboxylic acids is 3. The maximum absolute atomic E-state index is 13.4. The molecule has 0 aliphatic heterocycles. The molecule has 156 valence electrons. The Hall–Kier alpha value is -2.62. The minimum Gasteiger partial charge on any atom is -0.365 e. The Morgan fingerprint density at radius 2 is 0.931 bits per heavy atom. The Kier molecular flexibility index (Phi) is 9.60. The first-order valence-corrected chi connectivity index (χ1v) is 7.93. The third kappa shape index (κ3) is 6.74. The highest BCUT2D eigenvalue weighted by molar-refractivity contribution is 5.98. The molecular formula is C19H15ClF4O5. The van der Waals surface area contributed by atoms with Gasteiger partial charge in [-0.2, -0.15) is 0 Å². The van der Waals surface area contributed by atoms with Crippen molar-refractivity contribution in [1.29, 1.82) is 0 Å². The van der Waals surface area contributed by atoms with Crippen molar-refractivity contribution in [3.63, 3.8) is 0 Å². The van der Waals surface area contributed by atoms with Crippen molar-refractivity contribution in [2.45, 2.75) is 0 Å². The summed E-state index contributed by atoms with van der Waals surface area (Å²) < 4.78 is 63.3. The molecule has 2 rings (SSSR count). The third-order valence-corrected chi connectivity index (χ3v) is 3.48. The highest BCUT2D eigenvalue weighted by Gasteiger charge is 2.19. The second-order valence-corrected chi connectivity index (χ2v) is 5.56. The van der Waals surface area contributed by atoms with E-state index >= 15 is 0 Å². The second kappa shape index (κ2) is 11.4. The van der Waals surface area contributed by atoms with E-state index in [0.29, 0.717) is 0 Å². The van der Waals surface area contributed by atoms with Gasteiger partial charge in [0, 0.05) is 0 Å². The van der Waals surface area contributed by atoms with E-state index in [1.807, 2.05) is 0 Å². The van der Waals surface area contributed by atoms with E-state index < -0.39 is 78.2 Å². The molecule has 0 aliphatic carbocycles. The van der Waals surface area contributed by atoms with Crippen LogP contribution in [0.4, 0.5) is 17.6 Å². The number of hydrogen-bond acceptors (Lipinski definition) is 5. The van der Waals surface area contributed by atoms with Crippen LogP contribution >= 0.6 is 12.4 Å². The lowest BCUT2D eigenvalue weighted by molar-refractivity contribution is -0.127. The van der Waals surface area contributed by atoms with E-state index in [-0.39, 0.29) is 12.4 Å². The van der Waals surface area contributed by atoms with Crippen molar-refractivity contribution in [3.05, 3.63) is 70.8 Å². The quantitative estimate of drug-likeness (QED) is 0.424. The zero-order valence-corrected chi connectivity index (χ0v) is 15.6. The highest BCUT2D eigenvalue weighted by Crippen LogP contribution is 2.14. The summed E-state index contributed by atoms with van der Waals surface area (Å²) in [7, 11) is 0. The monoisotopic (exact) mass is 434 g/mol. The summed E-state index contributed by atoms with van der Waals surface area (Å²) in [6.07, 6.45) is 0. The van der Waals surface area contributed by atoms with Crippen LogP contribution in [-0.2, 0) is 14.3 Å². The molecule has 0 aliphatic rings. The normalized spacial score (nSPS) is 10.3. The molecule has 0 radical (unpaired) electrons. The molecule has 2 aromatic carbocycles. The lowest BCUT2D eigenvalue weighted by Crippen LogP contribution is -2.22. The zero-order chi connectivity index (χ0) is 20.7. The average molecular weight is 435 g/mol. The zero-order valence-electron chi connectivity index (χ0n) is 14.8. The van der Waals surface area contributed by atoms with Gasteiger partial charge in [0.05, 0.1) is 11.1 Å². The standard InChI is InChI=1S/C19H14F4O5.ClH/c20-12-3-1-4-13(21)18(12)16(25)9-27-7-11(24)8-28-10-17(26)19-14(22)5-2-6-15(19)23;/h1-6H,7-10H2;1H. The molecule has 5 nitrogen and oxygen atoms in total. The average Bonchev–Trinajstić information content (AvgIpc) is 2.61. The summed E-state index contributed by atoms with van der Waals surface area (Å²) in [4.78, 5) is 35.0. The summed E-state index contributed by atoms with van der Waals surface area (Å²) in [6, 6.07) is 5.82. The molecule has 0 saturated heterocycles. The summed E-state index contributed by atoms with van der Waals surface area (Å²) in [5.74, 6) is -6.89. The molecule has 0 heterocycles. The number of carbonyl (C=O) groups is 3. The fourth-order valence-corrected chi connectivity index (χ4v) is 2.23. The van der Waals surface area contributed by atoms with Gasteiger partial charge < -0.3 is 9.47 Å². The molecule has 0 aromatic heterocycles. The first-order chi connectivity index (χ1) is 13.3. The molecule has 0 amide bonds. The maximum Gasteiger partial charge on any atom is 0.194 e. The van der Waals surface area contributed by atoms with Gasteiger partial charge in [-0.1, -0.05) is 12.1 Å². The Balaban J connectivity index is 0.00000420. The van der Waals surface area contributed by atoms with Crippen molar-refractivity contribution in [2.24, 2.45) is 0 Å². The van der Waals surface area contributed by atoms with Gasteiger partial charge in [0.15, 0.2) is 17.3 Å². The van der Waals surface area contributed by atoms with Crippen LogP contribution in [0.5, 0.6) is 0 Å². The van der Waals surface area contributed by atoms with E-state index in [0.717, 1.165) is 36.4 Å². The topological polar surface area (TPSA) is 69.7 Å². The van der Waals surface area contributed by atoms with Gasteiger partial charge in [0.2, 0.25) is 0 Å². The van der Waals surface area contributed by atoms with Crippen molar-refractivity contribution in [1.82, 2.24) is 0 Å². The number of ketones is 3. The number of Topliss-reactive ketones (excluding diaryl/α,β-unsaturated/α-hetero) is 3. The molecule has 2 aromatic rings. The summed E-state index contributed by atoms with van der Waals surface area (Å²) >= 11 is 0. The molecule has 0 bridgehead atoms. The molecule has 0 spiro atoms. The van der Waals surface area contributed by atoms with Crippen molar-refractivity contribution < 1.29 is 41.4 Å². The van der Waals surface area contributed by atoms with Crippen LogP contribution in [0.2, 0.25) is 0 Å². The molecule has 0 N–H and O–H groups in total. The molecule has 0 saturated carbocycles. The van der Waals surface area contributed by atoms with E-state index in [2.05, 4.69) is 0 Å². The van der Waals surface area contributed by atoms with E-state index in [9.17, 15) is 31.9 Å². The van der Waals surface area contributed by atoms with Crippen LogP contribution in [0, 0.1) is 23.3 Å². The van der Waals surface area contributed by atoms with Crippen molar-refractivity contribution in [3.8, 4) is 0 Å². The van der Waals surface area contributed by atoms with Crippen LogP contribution in [0.1, 0.15) is 20.7 Å². The Labute approximate surface area is 169 Å². The predicted octanol–water partition coefficient (Wildman–Crippen LogP) is 3.33. The van der Waals surface area contributed by atoms with E-state index in [1.54, 1.807) is 0 Å². The second-order valence-electron chi connectivity index (χ2n) is 5.56. The van der Waals surface area contributed by atoms with Gasteiger partial charge in [-0.3, -0.25) is 14.4 Å². The molecule has 0 fully saturated rings.